The Morgan fingerprint density at radius 2 is 1.79 bits per heavy atom. The Kier molecular flexibility index (Phi) is 13.8. The van der Waals surface area contributed by atoms with E-state index in [2.05, 4.69) is 11.6 Å². The van der Waals surface area contributed by atoms with Crippen LogP contribution in [0.4, 0.5) is 4.79 Å². The van der Waals surface area contributed by atoms with Crippen LogP contribution in [0.2, 0.25) is 0 Å². The smallest absolute Gasteiger partial charge is 0.409 e. The number of piperidine rings is 1. The van der Waals surface area contributed by atoms with Crippen molar-refractivity contribution in [3.8, 4) is 0 Å². The summed E-state index contributed by atoms with van der Waals surface area (Å²) in [6.07, 6.45) is 5.57. The number of carbonyl (C=O) groups excluding carboxylic acids is 3. The van der Waals surface area contributed by atoms with Crippen molar-refractivity contribution in [2.75, 3.05) is 58.9 Å². The second kappa shape index (κ2) is 15.6. The minimum Gasteiger partial charge on any atom is -0.447 e. The van der Waals surface area contributed by atoms with E-state index in [9.17, 15) is 14.4 Å². The summed E-state index contributed by atoms with van der Waals surface area (Å²) >= 11 is 1.85. The molecule has 8 nitrogen and oxygen atoms in total. The Bertz CT molecular complexity index is 458. The second-order valence-electron chi connectivity index (χ2n) is 6.62. The molecule has 1 rings (SSSR count). The molecule has 0 bridgehead atoms. The molecule has 1 unspecified atom stereocenters. The predicted molar refractivity (Wildman–Crippen MR) is 109 cm³/mol. The molecule has 28 heavy (non-hydrogen) atoms. The van der Waals surface area contributed by atoms with Crippen molar-refractivity contribution in [3.05, 3.63) is 0 Å². The van der Waals surface area contributed by atoms with Gasteiger partial charge in [0.25, 0.3) is 0 Å². The Balaban J connectivity index is 1.89. The molecule has 1 aliphatic rings. The lowest BCUT2D eigenvalue weighted by Gasteiger charge is -2.30. The van der Waals surface area contributed by atoms with Crippen LogP contribution < -0.4 is 5.32 Å². The number of thioether (sulfide) groups is 1. The number of hydrogen-bond acceptors (Lipinski definition) is 7. The second-order valence-corrected chi connectivity index (χ2v) is 7.76. The summed E-state index contributed by atoms with van der Waals surface area (Å²) in [7, 11) is 0. The summed E-state index contributed by atoms with van der Waals surface area (Å²) in [4.78, 5) is 35.9. The van der Waals surface area contributed by atoms with Gasteiger partial charge in [-0.15, -0.1) is 0 Å². The van der Waals surface area contributed by atoms with Gasteiger partial charge in [0.05, 0.1) is 26.4 Å². The molecular weight excluding hydrogens is 384 g/mol. The maximum atomic E-state index is 11.9. The van der Waals surface area contributed by atoms with Gasteiger partial charge in [0.2, 0.25) is 5.91 Å². The van der Waals surface area contributed by atoms with Crippen LogP contribution in [0.3, 0.4) is 0 Å². The van der Waals surface area contributed by atoms with Crippen molar-refractivity contribution in [1.29, 1.82) is 0 Å². The van der Waals surface area contributed by atoms with Crippen molar-refractivity contribution in [1.82, 2.24) is 10.2 Å². The Morgan fingerprint density at radius 3 is 2.39 bits per heavy atom. The molecule has 0 spiro atoms. The molecule has 1 saturated heterocycles. The maximum absolute atomic E-state index is 11.9. The Hall–Kier alpha value is -1.32. The van der Waals surface area contributed by atoms with E-state index in [0.29, 0.717) is 44.6 Å². The summed E-state index contributed by atoms with van der Waals surface area (Å²) in [5, 5.41) is 3.36. The summed E-state index contributed by atoms with van der Waals surface area (Å²) < 4.78 is 15.9. The van der Waals surface area contributed by atoms with Gasteiger partial charge in [0.1, 0.15) is 12.9 Å². The van der Waals surface area contributed by atoms with E-state index < -0.39 is 0 Å². The number of hydrogen-bond donors (Lipinski definition) is 1. The molecule has 0 aliphatic carbocycles. The third-order valence-corrected chi connectivity index (χ3v) is 5.73. The van der Waals surface area contributed by atoms with Crippen molar-refractivity contribution in [2.24, 2.45) is 5.92 Å². The molecule has 0 radical (unpaired) electrons. The number of nitrogens with one attached hydrogen (secondary N) is 1. The van der Waals surface area contributed by atoms with E-state index >= 15 is 0 Å². The van der Waals surface area contributed by atoms with Crippen molar-refractivity contribution < 1.29 is 28.6 Å². The summed E-state index contributed by atoms with van der Waals surface area (Å²) in [6, 6.07) is 0. The minimum atomic E-state index is -0.268. The molecule has 1 N–H and O–H groups in total. The fourth-order valence-electron chi connectivity index (χ4n) is 2.74. The minimum absolute atomic E-state index is 0.140. The third kappa shape index (κ3) is 10.9. The number of nitrogens with zero attached hydrogens (tertiary/aromatic N) is 1. The molecule has 1 aliphatic heterocycles. The molecule has 0 saturated carbocycles. The van der Waals surface area contributed by atoms with Crippen LogP contribution in [0.1, 0.15) is 32.6 Å². The molecule has 9 heteroatoms. The topological polar surface area (TPSA) is 94.2 Å². The van der Waals surface area contributed by atoms with Gasteiger partial charge in [0.15, 0.2) is 0 Å². The lowest BCUT2D eigenvalue weighted by atomic mass is 10.0. The molecule has 2 amide bonds. The first-order valence-electron chi connectivity index (χ1n) is 9.92. The first kappa shape index (κ1) is 24.7. The molecule has 0 aromatic carbocycles. The van der Waals surface area contributed by atoms with Crippen molar-refractivity contribution >= 4 is 30.0 Å². The molecule has 1 atom stereocenters. The highest BCUT2D eigenvalue weighted by molar-refractivity contribution is 7.99. The van der Waals surface area contributed by atoms with Gasteiger partial charge in [0, 0.05) is 37.2 Å². The fourth-order valence-corrected chi connectivity index (χ4v) is 3.42. The number of amides is 2. The van der Waals surface area contributed by atoms with Crippen LogP contribution in [0.5, 0.6) is 0 Å². The average molecular weight is 419 g/mol. The van der Waals surface area contributed by atoms with Gasteiger partial charge in [-0.1, -0.05) is 6.92 Å². The van der Waals surface area contributed by atoms with Crippen molar-refractivity contribution in [2.45, 2.75) is 37.9 Å². The lowest BCUT2D eigenvalue weighted by Crippen LogP contribution is -2.40. The number of ether oxygens (including phenoxy) is 3. The lowest BCUT2D eigenvalue weighted by molar-refractivity contribution is -0.124. The number of aldehydes is 1. The highest BCUT2D eigenvalue weighted by atomic mass is 32.2. The molecule has 0 aromatic heterocycles. The first-order valence-corrected chi connectivity index (χ1v) is 11.2. The van der Waals surface area contributed by atoms with Crippen LogP contribution >= 0.6 is 11.8 Å². The Labute approximate surface area is 172 Å². The summed E-state index contributed by atoms with van der Waals surface area (Å²) in [5.41, 5.74) is 0. The highest BCUT2D eigenvalue weighted by Crippen LogP contribution is 2.21. The third-order valence-electron chi connectivity index (χ3n) is 4.59. The van der Waals surface area contributed by atoms with E-state index in [1.807, 2.05) is 18.7 Å². The zero-order valence-electron chi connectivity index (χ0n) is 17.0. The molecule has 0 aromatic rings. The van der Waals surface area contributed by atoms with E-state index in [1.54, 1.807) is 4.90 Å². The van der Waals surface area contributed by atoms with Crippen molar-refractivity contribution in [3.63, 3.8) is 0 Å². The zero-order valence-corrected chi connectivity index (χ0v) is 17.8. The van der Waals surface area contributed by atoms with E-state index in [0.717, 1.165) is 32.2 Å². The van der Waals surface area contributed by atoms with Crippen LogP contribution in [-0.2, 0) is 23.8 Å². The van der Waals surface area contributed by atoms with Crippen LogP contribution in [0, 0.1) is 5.92 Å². The number of carbonyl (C=O) groups is 3. The van der Waals surface area contributed by atoms with Crippen LogP contribution in [-0.4, -0.2) is 87.4 Å². The van der Waals surface area contributed by atoms with Gasteiger partial charge in [-0.25, -0.2) is 4.79 Å². The Morgan fingerprint density at radius 1 is 1.14 bits per heavy atom. The standard InChI is InChI=1S/C19H34N2O6S/c1-3-16(15-22)14-18(23)20-6-9-25-10-11-26-12-13-27-19(24)21-7-4-17(28-2)5-8-21/h15-17H,3-14H2,1-2H3,(H,20,23). The number of likely N-dealkylation sites (tertiary alicyclic amines) is 1. The molecule has 1 fully saturated rings. The average Bonchev–Trinajstić information content (AvgIpc) is 2.73. The zero-order chi connectivity index (χ0) is 20.6. The molecule has 1 heterocycles. The van der Waals surface area contributed by atoms with E-state index in [-0.39, 0.29) is 30.9 Å². The first-order chi connectivity index (χ1) is 13.6. The highest BCUT2D eigenvalue weighted by Gasteiger charge is 2.22. The molecular formula is C19H34N2O6S. The van der Waals surface area contributed by atoms with E-state index in [4.69, 9.17) is 14.2 Å². The normalized spacial score (nSPS) is 15.9. The van der Waals surface area contributed by atoms with Gasteiger partial charge in [-0.2, -0.15) is 11.8 Å². The largest absolute Gasteiger partial charge is 0.447 e. The quantitative estimate of drug-likeness (QED) is 0.339. The van der Waals surface area contributed by atoms with Gasteiger partial charge >= 0.3 is 6.09 Å². The van der Waals surface area contributed by atoms with Gasteiger partial charge in [-0.3, -0.25) is 4.79 Å². The van der Waals surface area contributed by atoms with E-state index in [1.165, 1.54) is 0 Å². The predicted octanol–water partition coefficient (Wildman–Crippen LogP) is 1.72. The summed E-state index contributed by atoms with van der Waals surface area (Å²) in [5.74, 6) is -0.358. The molecule has 162 valence electrons. The van der Waals surface area contributed by atoms with Gasteiger partial charge in [-0.05, 0) is 25.5 Å². The SMILES string of the molecule is CCC(C=O)CC(=O)NCCOCCOCCOC(=O)N1CCC(SC)CC1. The monoisotopic (exact) mass is 418 g/mol. The maximum Gasteiger partial charge on any atom is 0.409 e. The van der Waals surface area contributed by atoms with Gasteiger partial charge < -0.3 is 29.2 Å². The van der Waals surface area contributed by atoms with Crippen LogP contribution in [0.25, 0.3) is 0 Å². The fraction of sp³-hybridized carbons (Fsp3) is 0.842. The summed E-state index contributed by atoms with van der Waals surface area (Å²) in [6.45, 7) is 5.53. The van der Waals surface area contributed by atoms with Crippen LogP contribution in [0.15, 0.2) is 0 Å². The number of rotatable bonds is 14.